The average Bonchev–Trinajstić information content (AvgIpc) is 2.66. The molecule has 0 radical (unpaired) electrons. The molecule has 2 rings (SSSR count). The average molecular weight is 256 g/mol. The summed E-state index contributed by atoms with van der Waals surface area (Å²) in [6.45, 7) is 0.155. The van der Waals surface area contributed by atoms with Gasteiger partial charge in [0, 0.05) is 24.4 Å². The number of hydrogen-bond acceptors (Lipinski definition) is 5. The van der Waals surface area contributed by atoms with E-state index in [2.05, 4.69) is 4.98 Å². The summed E-state index contributed by atoms with van der Waals surface area (Å²) in [7, 11) is -3.08. The minimum Gasteiger partial charge on any atom is -0.388 e. The maximum Gasteiger partial charge on any atom is 0.151 e. The second-order valence-corrected chi connectivity index (χ2v) is 6.78. The molecule has 94 valence electrons. The van der Waals surface area contributed by atoms with Crippen LogP contribution in [0.1, 0.15) is 18.1 Å². The fourth-order valence-electron chi connectivity index (χ4n) is 2.32. The van der Waals surface area contributed by atoms with Crippen molar-refractivity contribution in [3.8, 4) is 0 Å². The van der Waals surface area contributed by atoms with Crippen LogP contribution >= 0.6 is 0 Å². The standard InChI is InChI=1S/C11H16N2O3S/c12-7-11(3-5-17(15,16)8-11)10(14)9-2-1-4-13-6-9/h1-2,4,6,10,14H,3,5,7-8,12H2. The maximum atomic E-state index is 11.6. The minimum absolute atomic E-state index is 0.0490. The second-order valence-electron chi connectivity index (χ2n) is 4.60. The number of aromatic nitrogens is 1. The van der Waals surface area contributed by atoms with Crippen LogP contribution in [0.15, 0.2) is 24.5 Å². The number of sulfone groups is 1. The Morgan fingerprint density at radius 2 is 2.35 bits per heavy atom. The summed E-state index contributed by atoms with van der Waals surface area (Å²) in [5, 5.41) is 10.3. The van der Waals surface area contributed by atoms with Gasteiger partial charge in [-0.05, 0) is 18.1 Å². The highest BCUT2D eigenvalue weighted by Crippen LogP contribution is 2.42. The lowest BCUT2D eigenvalue weighted by molar-refractivity contribution is 0.0469. The highest BCUT2D eigenvalue weighted by atomic mass is 32.2. The predicted molar refractivity (Wildman–Crippen MR) is 64.0 cm³/mol. The molecule has 0 saturated carbocycles. The van der Waals surface area contributed by atoms with Gasteiger partial charge in [0.05, 0.1) is 17.6 Å². The smallest absolute Gasteiger partial charge is 0.151 e. The SMILES string of the molecule is NCC1(C(O)c2cccnc2)CCS(=O)(=O)C1. The van der Waals surface area contributed by atoms with Crippen LogP contribution in [0.5, 0.6) is 0 Å². The Morgan fingerprint density at radius 3 is 2.82 bits per heavy atom. The van der Waals surface area contributed by atoms with E-state index in [9.17, 15) is 13.5 Å². The summed E-state index contributed by atoms with van der Waals surface area (Å²) < 4.78 is 23.1. The molecule has 0 amide bonds. The van der Waals surface area contributed by atoms with Crippen LogP contribution in [0.4, 0.5) is 0 Å². The molecule has 2 heterocycles. The number of aliphatic hydroxyl groups excluding tert-OH is 1. The van der Waals surface area contributed by atoms with Gasteiger partial charge < -0.3 is 10.8 Å². The quantitative estimate of drug-likeness (QED) is 0.786. The molecule has 0 bridgehead atoms. The molecule has 0 aliphatic carbocycles. The van der Waals surface area contributed by atoms with Gasteiger partial charge in [-0.3, -0.25) is 4.98 Å². The molecule has 1 fully saturated rings. The molecule has 1 aliphatic heterocycles. The van der Waals surface area contributed by atoms with Crippen molar-refractivity contribution in [2.24, 2.45) is 11.1 Å². The molecule has 5 nitrogen and oxygen atoms in total. The van der Waals surface area contributed by atoms with Gasteiger partial charge in [0.2, 0.25) is 0 Å². The van der Waals surface area contributed by atoms with E-state index < -0.39 is 21.4 Å². The van der Waals surface area contributed by atoms with Crippen molar-refractivity contribution in [3.05, 3.63) is 30.1 Å². The van der Waals surface area contributed by atoms with Crippen molar-refractivity contribution in [2.75, 3.05) is 18.1 Å². The van der Waals surface area contributed by atoms with Gasteiger partial charge in [-0.25, -0.2) is 8.42 Å². The summed E-state index contributed by atoms with van der Waals surface area (Å²) in [6, 6.07) is 3.45. The van der Waals surface area contributed by atoms with Crippen molar-refractivity contribution in [2.45, 2.75) is 12.5 Å². The van der Waals surface area contributed by atoms with Gasteiger partial charge >= 0.3 is 0 Å². The van der Waals surface area contributed by atoms with E-state index in [1.807, 2.05) is 0 Å². The fourth-order valence-corrected chi connectivity index (χ4v) is 4.48. The van der Waals surface area contributed by atoms with Crippen LogP contribution in [0.25, 0.3) is 0 Å². The van der Waals surface area contributed by atoms with E-state index in [0.29, 0.717) is 12.0 Å². The summed E-state index contributed by atoms with van der Waals surface area (Å²) in [6.07, 6.45) is 2.68. The first-order valence-corrected chi connectivity index (χ1v) is 7.30. The molecule has 0 aromatic carbocycles. The molecule has 6 heteroatoms. The highest BCUT2D eigenvalue weighted by Gasteiger charge is 2.46. The molecule has 1 aromatic rings. The highest BCUT2D eigenvalue weighted by molar-refractivity contribution is 7.91. The predicted octanol–water partition coefficient (Wildman–Crippen LogP) is -0.121. The van der Waals surface area contributed by atoms with E-state index in [1.54, 1.807) is 24.5 Å². The van der Waals surface area contributed by atoms with E-state index in [0.717, 1.165) is 0 Å². The molecule has 17 heavy (non-hydrogen) atoms. The fraction of sp³-hybridized carbons (Fsp3) is 0.545. The Labute approximate surface area is 101 Å². The lowest BCUT2D eigenvalue weighted by Crippen LogP contribution is -2.38. The van der Waals surface area contributed by atoms with Crippen molar-refractivity contribution in [1.82, 2.24) is 4.98 Å². The largest absolute Gasteiger partial charge is 0.388 e. The van der Waals surface area contributed by atoms with Crippen LogP contribution in [-0.2, 0) is 9.84 Å². The topological polar surface area (TPSA) is 93.3 Å². The summed E-state index contributed by atoms with van der Waals surface area (Å²) in [5.74, 6) is 0.0497. The Bertz CT molecular complexity index is 489. The van der Waals surface area contributed by atoms with Crippen molar-refractivity contribution in [3.63, 3.8) is 0 Å². The molecule has 1 aromatic heterocycles. The summed E-state index contributed by atoms with van der Waals surface area (Å²) >= 11 is 0. The summed E-state index contributed by atoms with van der Waals surface area (Å²) in [4.78, 5) is 3.93. The number of pyridine rings is 1. The minimum atomic E-state index is -3.08. The first kappa shape index (κ1) is 12.5. The molecule has 0 spiro atoms. The van der Waals surface area contributed by atoms with E-state index >= 15 is 0 Å². The molecule has 2 atom stereocenters. The third kappa shape index (κ3) is 2.34. The zero-order valence-corrected chi connectivity index (χ0v) is 10.2. The molecule has 1 saturated heterocycles. The number of aliphatic hydroxyl groups is 1. The number of nitrogens with two attached hydrogens (primary N) is 1. The Balaban J connectivity index is 2.32. The second kappa shape index (κ2) is 4.36. The van der Waals surface area contributed by atoms with Crippen molar-refractivity contribution in [1.29, 1.82) is 0 Å². The molecule has 1 aliphatic rings. The molecular formula is C11H16N2O3S. The van der Waals surface area contributed by atoms with Crippen LogP contribution in [0.3, 0.4) is 0 Å². The first-order chi connectivity index (χ1) is 7.99. The van der Waals surface area contributed by atoms with Gasteiger partial charge in [0.25, 0.3) is 0 Å². The van der Waals surface area contributed by atoms with E-state index in [4.69, 9.17) is 5.73 Å². The van der Waals surface area contributed by atoms with Crippen LogP contribution < -0.4 is 5.73 Å². The number of nitrogens with zero attached hydrogens (tertiary/aromatic N) is 1. The van der Waals surface area contributed by atoms with Gasteiger partial charge in [-0.2, -0.15) is 0 Å². The van der Waals surface area contributed by atoms with Crippen LogP contribution in [0.2, 0.25) is 0 Å². The number of hydrogen-bond donors (Lipinski definition) is 2. The molecule has 3 N–H and O–H groups in total. The molecule has 2 unspecified atom stereocenters. The van der Waals surface area contributed by atoms with E-state index in [-0.39, 0.29) is 18.1 Å². The third-order valence-corrected chi connectivity index (χ3v) is 5.25. The first-order valence-electron chi connectivity index (χ1n) is 5.48. The summed E-state index contributed by atoms with van der Waals surface area (Å²) in [5.41, 5.74) is 5.54. The van der Waals surface area contributed by atoms with Crippen LogP contribution in [0, 0.1) is 5.41 Å². The van der Waals surface area contributed by atoms with Crippen molar-refractivity contribution >= 4 is 9.84 Å². The lowest BCUT2D eigenvalue weighted by Gasteiger charge is -2.31. The Kier molecular flexibility index (Phi) is 3.20. The zero-order chi connectivity index (χ0) is 12.5. The van der Waals surface area contributed by atoms with Gasteiger partial charge in [0.15, 0.2) is 9.84 Å². The molecular weight excluding hydrogens is 240 g/mol. The number of rotatable bonds is 3. The zero-order valence-electron chi connectivity index (χ0n) is 9.41. The van der Waals surface area contributed by atoms with Crippen molar-refractivity contribution < 1.29 is 13.5 Å². The van der Waals surface area contributed by atoms with Gasteiger partial charge in [-0.1, -0.05) is 6.07 Å². The van der Waals surface area contributed by atoms with Gasteiger partial charge in [-0.15, -0.1) is 0 Å². The Morgan fingerprint density at radius 1 is 1.59 bits per heavy atom. The Hall–Kier alpha value is -0.980. The normalized spacial score (nSPS) is 29.1. The lowest BCUT2D eigenvalue weighted by atomic mass is 9.79. The van der Waals surface area contributed by atoms with Gasteiger partial charge in [0.1, 0.15) is 0 Å². The maximum absolute atomic E-state index is 11.6. The van der Waals surface area contributed by atoms with Crippen LogP contribution in [-0.4, -0.2) is 36.6 Å². The third-order valence-electron chi connectivity index (χ3n) is 3.41. The van der Waals surface area contributed by atoms with E-state index in [1.165, 1.54) is 0 Å². The monoisotopic (exact) mass is 256 g/mol.